The molecule has 0 radical (unpaired) electrons. The fourth-order valence-corrected chi connectivity index (χ4v) is 3.24. The SMILES string of the molecule is [C-]#[N+]C1=C(CCC)Nc2[nH]ncc2C1c1cccc([N+](=O)[O-])c1Cl. The summed E-state index contributed by atoms with van der Waals surface area (Å²) in [5.41, 5.74) is 2.40. The molecule has 122 valence electrons. The number of H-pyrrole nitrogens is 1. The van der Waals surface area contributed by atoms with Gasteiger partial charge in [0.1, 0.15) is 10.8 Å². The minimum atomic E-state index is -0.516. The topological polar surface area (TPSA) is 88.2 Å². The summed E-state index contributed by atoms with van der Waals surface area (Å²) in [6.07, 6.45) is 3.18. The predicted octanol–water partition coefficient (Wildman–Crippen LogP) is 4.46. The summed E-state index contributed by atoms with van der Waals surface area (Å²) in [7, 11) is 0. The third-order valence-corrected chi connectivity index (χ3v) is 4.39. The Morgan fingerprint density at radius 2 is 2.25 bits per heavy atom. The van der Waals surface area contributed by atoms with E-state index in [-0.39, 0.29) is 10.7 Å². The smallest absolute Gasteiger partial charge is 0.288 e. The Morgan fingerprint density at radius 1 is 1.46 bits per heavy atom. The van der Waals surface area contributed by atoms with Gasteiger partial charge in [-0.15, -0.1) is 0 Å². The molecule has 2 N–H and O–H groups in total. The first-order chi connectivity index (χ1) is 11.6. The number of hydrogen-bond donors (Lipinski definition) is 2. The Kier molecular flexibility index (Phi) is 4.23. The van der Waals surface area contributed by atoms with Crippen molar-refractivity contribution in [3.05, 3.63) is 73.5 Å². The average Bonchev–Trinajstić information content (AvgIpc) is 3.02. The zero-order valence-corrected chi connectivity index (χ0v) is 13.6. The molecule has 1 aliphatic heterocycles. The third-order valence-electron chi connectivity index (χ3n) is 3.97. The van der Waals surface area contributed by atoms with Crippen LogP contribution in [0.2, 0.25) is 5.02 Å². The molecule has 1 aromatic heterocycles. The van der Waals surface area contributed by atoms with Crippen LogP contribution in [-0.2, 0) is 0 Å². The number of hydrogen-bond acceptors (Lipinski definition) is 4. The number of aromatic amines is 1. The summed E-state index contributed by atoms with van der Waals surface area (Å²) < 4.78 is 0. The maximum atomic E-state index is 11.2. The lowest BCUT2D eigenvalue weighted by atomic mass is 9.86. The van der Waals surface area contributed by atoms with Crippen LogP contribution in [0.1, 0.15) is 36.8 Å². The van der Waals surface area contributed by atoms with E-state index in [4.69, 9.17) is 18.2 Å². The van der Waals surface area contributed by atoms with Gasteiger partial charge in [-0.1, -0.05) is 37.1 Å². The van der Waals surface area contributed by atoms with Crippen molar-refractivity contribution in [1.29, 1.82) is 0 Å². The number of benzene rings is 1. The highest BCUT2D eigenvalue weighted by atomic mass is 35.5. The van der Waals surface area contributed by atoms with E-state index < -0.39 is 10.8 Å². The number of aromatic nitrogens is 2. The normalized spacial score (nSPS) is 16.3. The van der Waals surface area contributed by atoms with Crippen LogP contribution in [0.15, 0.2) is 35.8 Å². The van der Waals surface area contributed by atoms with Crippen molar-refractivity contribution in [1.82, 2.24) is 10.2 Å². The first-order valence-corrected chi connectivity index (χ1v) is 7.79. The van der Waals surface area contributed by atoms with Crippen molar-refractivity contribution >= 4 is 23.1 Å². The van der Waals surface area contributed by atoms with Crippen molar-refractivity contribution in [3.63, 3.8) is 0 Å². The summed E-state index contributed by atoms with van der Waals surface area (Å²) in [6, 6.07) is 4.66. The number of nitro benzene ring substituents is 1. The number of allylic oxidation sites excluding steroid dienone is 2. The van der Waals surface area contributed by atoms with E-state index in [1.54, 1.807) is 18.3 Å². The van der Waals surface area contributed by atoms with E-state index in [9.17, 15) is 10.1 Å². The number of nitrogens with zero attached hydrogens (tertiary/aromatic N) is 3. The van der Waals surface area contributed by atoms with E-state index in [0.717, 1.165) is 17.7 Å². The molecule has 0 saturated heterocycles. The monoisotopic (exact) mass is 343 g/mol. The molecule has 8 heteroatoms. The Bertz CT molecular complexity index is 881. The minimum absolute atomic E-state index is 0.0542. The molecule has 0 saturated carbocycles. The lowest BCUT2D eigenvalue weighted by Crippen LogP contribution is -2.17. The molecule has 0 amide bonds. The van der Waals surface area contributed by atoms with Gasteiger partial charge in [0.15, 0.2) is 5.70 Å². The van der Waals surface area contributed by atoms with Crippen molar-refractivity contribution in [2.45, 2.75) is 25.7 Å². The van der Waals surface area contributed by atoms with Crippen LogP contribution in [0.25, 0.3) is 4.85 Å². The van der Waals surface area contributed by atoms with Crippen LogP contribution < -0.4 is 5.32 Å². The molecule has 0 fully saturated rings. The van der Waals surface area contributed by atoms with E-state index >= 15 is 0 Å². The number of anilines is 1. The molecular weight excluding hydrogens is 330 g/mol. The standard InChI is InChI=1S/C16H14ClN5O2/c1-3-5-11-15(18-2)13(10-8-19-21-16(10)20-11)9-6-4-7-12(14(9)17)22(23)24/h4,6-8,13H,3,5H2,1H3,(H2,19,20,21). The predicted molar refractivity (Wildman–Crippen MR) is 90.7 cm³/mol. The molecule has 1 aromatic carbocycles. The van der Waals surface area contributed by atoms with Gasteiger partial charge in [0.2, 0.25) is 0 Å². The Labute approximate surface area is 143 Å². The second kappa shape index (κ2) is 6.34. The minimum Gasteiger partial charge on any atom is -0.354 e. The quantitative estimate of drug-likeness (QED) is 0.487. The Balaban J connectivity index is 2.24. The highest BCUT2D eigenvalue weighted by molar-refractivity contribution is 6.33. The Hall–Kier alpha value is -2.85. The van der Waals surface area contributed by atoms with Crippen molar-refractivity contribution in [3.8, 4) is 0 Å². The average molecular weight is 344 g/mol. The van der Waals surface area contributed by atoms with Crippen LogP contribution in [-0.4, -0.2) is 15.1 Å². The molecule has 2 heterocycles. The molecule has 0 spiro atoms. The van der Waals surface area contributed by atoms with Crippen LogP contribution in [0.3, 0.4) is 0 Å². The van der Waals surface area contributed by atoms with Crippen LogP contribution in [0.4, 0.5) is 11.5 Å². The summed E-state index contributed by atoms with van der Waals surface area (Å²) in [6.45, 7) is 9.63. The molecular formula is C16H14ClN5O2. The van der Waals surface area contributed by atoms with E-state index in [0.29, 0.717) is 23.5 Å². The lowest BCUT2D eigenvalue weighted by molar-refractivity contribution is -0.384. The van der Waals surface area contributed by atoms with Gasteiger partial charge < -0.3 is 5.32 Å². The van der Waals surface area contributed by atoms with Crippen molar-refractivity contribution in [2.24, 2.45) is 0 Å². The Morgan fingerprint density at radius 3 is 2.92 bits per heavy atom. The summed E-state index contributed by atoms with van der Waals surface area (Å²) >= 11 is 6.30. The van der Waals surface area contributed by atoms with Crippen LogP contribution in [0.5, 0.6) is 0 Å². The first kappa shape index (κ1) is 16.0. The molecule has 1 aliphatic rings. The summed E-state index contributed by atoms with van der Waals surface area (Å²) in [5.74, 6) is 0.213. The number of nitrogens with one attached hydrogen (secondary N) is 2. The number of nitro groups is 1. The fourth-order valence-electron chi connectivity index (χ4n) is 2.94. The largest absolute Gasteiger partial charge is 0.354 e. The van der Waals surface area contributed by atoms with Gasteiger partial charge in [-0.3, -0.25) is 15.2 Å². The summed E-state index contributed by atoms with van der Waals surface area (Å²) in [5, 5.41) is 21.4. The van der Waals surface area contributed by atoms with Crippen molar-refractivity contribution < 1.29 is 4.92 Å². The molecule has 1 unspecified atom stereocenters. The van der Waals surface area contributed by atoms with Gasteiger partial charge >= 0.3 is 0 Å². The molecule has 0 bridgehead atoms. The number of halogens is 1. The zero-order valence-electron chi connectivity index (χ0n) is 12.8. The number of rotatable bonds is 4. The van der Waals surface area contributed by atoms with Gasteiger partial charge in [0, 0.05) is 17.3 Å². The van der Waals surface area contributed by atoms with Crippen molar-refractivity contribution in [2.75, 3.05) is 5.32 Å². The van der Waals surface area contributed by atoms with Gasteiger partial charge in [-0.05, 0) is 12.0 Å². The van der Waals surface area contributed by atoms with Gasteiger partial charge in [-0.25, -0.2) is 4.85 Å². The highest BCUT2D eigenvalue weighted by Crippen LogP contribution is 2.46. The lowest BCUT2D eigenvalue weighted by Gasteiger charge is -2.26. The molecule has 3 rings (SSSR count). The molecule has 24 heavy (non-hydrogen) atoms. The van der Waals surface area contributed by atoms with Crippen LogP contribution in [0, 0.1) is 16.7 Å². The molecule has 0 aliphatic carbocycles. The molecule has 2 aromatic rings. The van der Waals surface area contributed by atoms with Crippen LogP contribution >= 0.6 is 11.6 Å². The van der Waals surface area contributed by atoms with Gasteiger partial charge in [0.05, 0.1) is 23.6 Å². The van der Waals surface area contributed by atoms with E-state index in [1.165, 1.54) is 6.07 Å². The maximum Gasteiger partial charge on any atom is 0.288 e. The fraction of sp³-hybridized carbons (Fsp3) is 0.250. The molecule has 7 nitrogen and oxygen atoms in total. The highest BCUT2D eigenvalue weighted by Gasteiger charge is 2.34. The second-order valence-electron chi connectivity index (χ2n) is 5.42. The zero-order chi connectivity index (χ0) is 17.3. The second-order valence-corrected chi connectivity index (χ2v) is 5.80. The summed E-state index contributed by atoms with van der Waals surface area (Å²) in [4.78, 5) is 14.4. The van der Waals surface area contributed by atoms with Gasteiger partial charge in [0.25, 0.3) is 5.69 Å². The molecule has 1 atom stereocenters. The maximum absolute atomic E-state index is 11.2. The third kappa shape index (κ3) is 2.51. The van der Waals surface area contributed by atoms with E-state index in [1.807, 2.05) is 6.92 Å². The van der Waals surface area contributed by atoms with E-state index in [2.05, 4.69) is 20.4 Å². The number of fused-ring (bicyclic) bond motifs is 1. The van der Waals surface area contributed by atoms with Gasteiger partial charge in [-0.2, -0.15) is 5.10 Å². The first-order valence-electron chi connectivity index (χ1n) is 7.42.